The quantitative estimate of drug-likeness (QED) is 0.786. The van der Waals surface area contributed by atoms with Crippen LogP contribution in [0.25, 0.3) is 0 Å². The number of hydrogen-bond donors (Lipinski definition) is 1. The number of nitrogens with one attached hydrogen (secondary N) is 1. The average molecular weight is 219 g/mol. The van der Waals surface area contributed by atoms with Gasteiger partial charge < -0.3 is 10.1 Å². The number of rotatable bonds is 4. The van der Waals surface area contributed by atoms with Crippen LogP contribution in [0, 0.1) is 5.92 Å². The van der Waals surface area contributed by atoms with E-state index in [9.17, 15) is 4.79 Å². The van der Waals surface area contributed by atoms with Crippen LogP contribution >= 0.6 is 0 Å². The molecule has 1 unspecified atom stereocenters. The molecule has 0 spiro atoms. The van der Waals surface area contributed by atoms with Gasteiger partial charge in [0.1, 0.15) is 5.75 Å². The third-order valence-electron chi connectivity index (χ3n) is 2.86. The number of carbonyl (C=O) groups is 1. The second-order valence-electron chi connectivity index (χ2n) is 4.01. The number of ketones is 1. The van der Waals surface area contributed by atoms with Crippen molar-refractivity contribution in [3.63, 3.8) is 0 Å². The van der Waals surface area contributed by atoms with E-state index in [-0.39, 0.29) is 11.7 Å². The second kappa shape index (κ2) is 5.12. The zero-order valence-electron chi connectivity index (χ0n) is 9.53. The van der Waals surface area contributed by atoms with Crippen LogP contribution in [0.1, 0.15) is 23.7 Å². The molecule has 16 heavy (non-hydrogen) atoms. The van der Waals surface area contributed by atoms with E-state index in [1.165, 1.54) is 0 Å². The minimum absolute atomic E-state index is 0.136. The van der Waals surface area contributed by atoms with Gasteiger partial charge >= 0.3 is 0 Å². The van der Waals surface area contributed by atoms with E-state index in [1.54, 1.807) is 0 Å². The van der Waals surface area contributed by atoms with E-state index in [0.29, 0.717) is 6.61 Å². The topological polar surface area (TPSA) is 38.3 Å². The van der Waals surface area contributed by atoms with Crippen LogP contribution < -0.4 is 10.1 Å². The summed E-state index contributed by atoms with van der Waals surface area (Å²) in [4.78, 5) is 12.1. The van der Waals surface area contributed by atoms with E-state index in [0.717, 1.165) is 30.8 Å². The molecule has 0 bridgehead atoms. The summed E-state index contributed by atoms with van der Waals surface area (Å²) in [6.07, 6.45) is 0.942. The molecule has 1 atom stereocenters. The highest BCUT2D eigenvalue weighted by molar-refractivity contribution is 5.98. The molecule has 0 aromatic heterocycles. The lowest BCUT2D eigenvalue weighted by atomic mass is 9.97. The van der Waals surface area contributed by atoms with Gasteiger partial charge in [0.05, 0.1) is 6.61 Å². The summed E-state index contributed by atoms with van der Waals surface area (Å²) in [5.41, 5.74) is 0.764. The van der Waals surface area contributed by atoms with E-state index in [4.69, 9.17) is 4.74 Å². The molecule has 0 radical (unpaired) electrons. The number of ether oxygens (including phenoxy) is 1. The predicted octanol–water partition coefficient (Wildman–Crippen LogP) is 1.88. The van der Waals surface area contributed by atoms with E-state index < -0.39 is 0 Å². The SMILES string of the molecule is CCOc1cccc(C(=O)C2CCNC2)c1. The highest BCUT2D eigenvalue weighted by Crippen LogP contribution is 2.19. The van der Waals surface area contributed by atoms with Crippen molar-refractivity contribution >= 4 is 5.78 Å². The fourth-order valence-electron chi connectivity index (χ4n) is 2.02. The summed E-state index contributed by atoms with van der Waals surface area (Å²) < 4.78 is 5.39. The highest BCUT2D eigenvalue weighted by atomic mass is 16.5. The van der Waals surface area contributed by atoms with Crippen molar-refractivity contribution in [3.8, 4) is 5.75 Å². The van der Waals surface area contributed by atoms with Crippen molar-refractivity contribution in [1.29, 1.82) is 0 Å². The largest absolute Gasteiger partial charge is 0.494 e. The Morgan fingerprint density at radius 2 is 2.44 bits per heavy atom. The van der Waals surface area contributed by atoms with Crippen LogP contribution in [0.2, 0.25) is 0 Å². The van der Waals surface area contributed by atoms with Gasteiger partial charge in [-0.15, -0.1) is 0 Å². The van der Waals surface area contributed by atoms with Crippen LogP contribution in [-0.4, -0.2) is 25.5 Å². The Balaban J connectivity index is 2.12. The molecule has 2 rings (SSSR count). The van der Waals surface area contributed by atoms with Crippen molar-refractivity contribution in [2.45, 2.75) is 13.3 Å². The van der Waals surface area contributed by atoms with Crippen LogP contribution in [0.3, 0.4) is 0 Å². The first-order valence-electron chi connectivity index (χ1n) is 5.79. The molecular weight excluding hydrogens is 202 g/mol. The Labute approximate surface area is 95.8 Å². The summed E-state index contributed by atoms with van der Waals surface area (Å²) in [6, 6.07) is 7.46. The molecule has 1 aromatic rings. The van der Waals surface area contributed by atoms with Crippen molar-refractivity contribution in [3.05, 3.63) is 29.8 Å². The molecule has 1 aliphatic heterocycles. The lowest BCUT2D eigenvalue weighted by molar-refractivity contribution is 0.0930. The molecule has 1 aromatic carbocycles. The fraction of sp³-hybridized carbons (Fsp3) is 0.462. The van der Waals surface area contributed by atoms with Crippen molar-refractivity contribution in [2.24, 2.45) is 5.92 Å². The van der Waals surface area contributed by atoms with Crippen LogP contribution in [0.15, 0.2) is 24.3 Å². The Kier molecular flexibility index (Phi) is 3.57. The van der Waals surface area contributed by atoms with Gasteiger partial charge in [-0.3, -0.25) is 4.79 Å². The summed E-state index contributed by atoms with van der Waals surface area (Å²) in [6.45, 7) is 4.32. The zero-order chi connectivity index (χ0) is 11.4. The first kappa shape index (κ1) is 11.1. The second-order valence-corrected chi connectivity index (χ2v) is 4.01. The Hall–Kier alpha value is -1.35. The maximum Gasteiger partial charge on any atom is 0.167 e. The maximum atomic E-state index is 12.1. The normalized spacial score (nSPS) is 19.7. The fourth-order valence-corrected chi connectivity index (χ4v) is 2.02. The highest BCUT2D eigenvalue weighted by Gasteiger charge is 2.23. The smallest absolute Gasteiger partial charge is 0.167 e. The minimum atomic E-state index is 0.136. The molecule has 1 heterocycles. The molecule has 0 aliphatic carbocycles. The first-order valence-corrected chi connectivity index (χ1v) is 5.79. The van der Waals surface area contributed by atoms with Crippen LogP contribution in [0.4, 0.5) is 0 Å². The van der Waals surface area contributed by atoms with Crippen molar-refractivity contribution < 1.29 is 9.53 Å². The van der Waals surface area contributed by atoms with Crippen LogP contribution in [0.5, 0.6) is 5.75 Å². The van der Waals surface area contributed by atoms with E-state index in [1.807, 2.05) is 31.2 Å². The van der Waals surface area contributed by atoms with Gasteiger partial charge in [0.15, 0.2) is 5.78 Å². The van der Waals surface area contributed by atoms with Crippen molar-refractivity contribution in [2.75, 3.05) is 19.7 Å². The molecule has 0 saturated carbocycles. The molecular formula is C13H17NO2. The van der Waals surface area contributed by atoms with Gasteiger partial charge in [-0.2, -0.15) is 0 Å². The summed E-state index contributed by atoms with van der Waals surface area (Å²) in [5, 5.41) is 3.21. The third kappa shape index (κ3) is 2.42. The molecule has 86 valence electrons. The Bertz CT molecular complexity index is 370. The predicted molar refractivity (Wildman–Crippen MR) is 62.9 cm³/mol. The van der Waals surface area contributed by atoms with Gasteiger partial charge in [-0.25, -0.2) is 0 Å². The van der Waals surface area contributed by atoms with Gasteiger partial charge in [0, 0.05) is 18.0 Å². The molecule has 3 nitrogen and oxygen atoms in total. The number of benzene rings is 1. The van der Waals surface area contributed by atoms with Gasteiger partial charge in [-0.1, -0.05) is 12.1 Å². The minimum Gasteiger partial charge on any atom is -0.494 e. The lowest BCUT2D eigenvalue weighted by Crippen LogP contribution is -2.17. The Morgan fingerprint density at radius 1 is 1.56 bits per heavy atom. The molecule has 3 heteroatoms. The molecule has 1 N–H and O–H groups in total. The molecule has 1 saturated heterocycles. The zero-order valence-corrected chi connectivity index (χ0v) is 9.53. The van der Waals surface area contributed by atoms with Crippen LogP contribution in [-0.2, 0) is 0 Å². The first-order chi connectivity index (χ1) is 7.81. The monoisotopic (exact) mass is 219 g/mol. The number of Topliss-reactive ketones (excluding diaryl/α,β-unsaturated/α-hetero) is 1. The number of carbonyl (C=O) groups excluding carboxylic acids is 1. The molecule has 1 aliphatic rings. The third-order valence-corrected chi connectivity index (χ3v) is 2.86. The lowest BCUT2D eigenvalue weighted by Gasteiger charge is -2.09. The van der Waals surface area contributed by atoms with Gasteiger partial charge in [0.2, 0.25) is 0 Å². The Morgan fingerprint density at radius 3 is 3.12 bits per heavy atom. The summed E-state index contributed by atoms with van der Waals surface area (Å²) in [5.74, 6) is 1.14. The average Bonchev–Trinajstić information content (AvgIpc) is 2.82. The van der Waals surface area contributed by atoms with Gasteiger partial charge in [0.25, 0.3) is 0 Å². The summed E-state index contributed by atoms with van der Waals surface area (Å²) >= 11 is 0. The van der Waals surface area contributed by atoms with Crippen molar-refractivity contribution in [1.82, 2.24) is 5.32 Å². The number of hydrogen-bond acceptors (Lipinski definition) is 3. The standard InChI is InChI=1S/C13H17NO2/c1-2-16-12-5-3-4-10(8-12)13(15)11-6-7-14-9-11/h3-5,8,11,14H,2,6-7,9H2,1H3. The van der Waals surface area contributed by atoms with E-state index in [2.05, 4.69) is 5.32 Å². The summed E-state index contributed by atoms with van der Waals surface area (Å²) in [7, 11) is 0. The molecule has 0 amide bonds. The maximum absolute atomic E-state index is 12.1. The molecule has 1 fully saturated rings. The van der Waals surface area contributed by atoms with Gasteiger partial charge in [-0.05, 0) is 32.0 Å². The van der Waals surface area contributed by atoms with E-state index >= 15 is 0 Å².